The molecule has 0 aromatic rings. The van der Waals surface area contributed by atoms with Crippen LogP contribution in [0.2, 0.25) is 0 Å². The third kappa shape index (κ3) is 5.38. The first-order chi connectivity index (χ1) is 13.8. The molecule has 1 atom stereocenters. The number of amides is 2. The predicted octanol–water partition coefficient (Wildman–Crippen LogP) is -0.849. The number of carbonyl (C=O) groups is 3. The Hall–Kier alpha value is -2.43. The summed E-state index contributed by atoms with van der Waals surface area (Å²) in [6.07, 6.45) is -0.782. The Morgan fingerprint density at radius 3 is 2.27 bits per heavy atom. The number of ether oxygens (including phenoxy) is 1. The number of carboxylic acid groups (broad SMARTS) is 1. The van der Waals surface area contributed by atoms with Crippen LogP contribution in [-0.2, 0) is 24.5 Å². The zero-order chi connectivity index (χ0) is 22.9. The summed E-state index contributed by atoms with van der Waals surface area (Å²) in [5.41, 5.74) is -0.829. The van der Waals surface area contributed by atoms with Crippen molar-refractivity contribution in [3.05, 3.63) is 0 Å². The first-order valence-corrected chi connectivity index (χ1v) is 10.8. The quantitative estimate of drug-likeness (QED) is 0.575. The number of carboxylic acids is 1. The number of hydrogen-bond donors (Lipinski definition) is 1. The van der Waals surface area contributed by atoms with Gasteiger partial charge in [-0.1, -0.05) is 0 Å². The molecular weight excluding hydrogens is 418 g/mol. The molecule has 0 bridgehead atoms. The normalized spacial score (nSPS) is 21.4. The van der Waals surface area contributed by atoms with Gasteiger partial charge in [0.1, 0.15) is 18.2 Å². The molecule has 0 saturated carbocycles. The van der Waals surface area contributed by atoms with Gasteiger partial charge >= 0.3 is 12.1 Å². The summed E-state index contributed by atoms with van der Waals surface area (Å²) in [6, 6.07) is 0.764. The first-order valence-electron chi connectivity index (χ1n) is 9.37. The van der Waals surface area contributed by atoms with E-state index in [1.165, 1.54) is 7.05 Å². The second kappa shape index (κ2) is 8.75. The van der Waals surface area contributed by atoms with Crippen molar-refractivity contribution in [1.29, 1.82) is 5.26 Å². The fourth-order valence-electron chi connectivity index (χ4n) is 3.12. The largest absolute Gasteiger partial charge is 0.480 e. The number of aliphatic carboxylic acids is 1. The molecule has 2 rings (SSSR count). The van der Waals surface area contributed by atoms with Gasteiger partial charge in [0.15, 0.2) is 0 Å². The average Bonchev–Trinajstić information content (AvgIpc) is 2.57. The van der Waals surface area contributed by atoms with Gasteiger partial charge in [-0.25, -0.2) is 4.79 Å². The third-order valence-corrected chi connectivity index (χ3v) is 6.62. The van der Waals surface area contributed by atoms with Gasteiger partial charge in [-0.3, -0.25) is 14.5 Å². The number of hydrogen-bond acceptors (Lipinski definition) is 7. The first kappa shape index (κ1) is 23.8. The van der Waals surface area contributed by atoms with E-state index in [0.29, 0.717) is 0 Å². The van der Waals surface area contributed by atoms with E-state index >= 15 is 0 Å². The van der Waals surface area contributed by atoms with Gasteiger partial charge < -0.3 is 14.7 Å². The molecule has 0 aliphatic carbocycles. The Morgan fingerprint density at radius 2 is 1.77 bits per heavy atom. The molecule has 0 unspecified atom stereocenters. The van der Waals surface area contributed by atoms with E-state index in [-0.39, 0.29) is 38.6 Å². The van der Waals surface area contributed by atoms with E-state index in [4.69, 9.17) is 15.1 Å². The Bertz CT molecular complexity index is 842. The summed E-state index contributed by atoms with van der Waals surface area (Å²) in [5.74, 6) is -2.32. The second-order valence-electron chi connectivity index (χ2n) is 8.29. The minimum absolute atomic E-state index is 0.0538. The van der Waals surface area contributed by atoms with E-state index in [1.54, 1.807) is 20.8 Å². The molecule has 0 aromatic carbocycles. The molecule has 0 radical (unpaired) electrons. The number of piperazine rings is 1. The van der Waals surface area contributed by atoms with Crippen molar-refractivity contribution in [2.24, 2.45) is 5.92 Å². The fraction of sp³-hybridized carbons (Fsp3) is 0.765. The van der Waals surface area contributed by atoms with E-state index in [2.05, 4.69) is 0 Å². The van der Waals surface area contributed by atoms with Crippen molar-refractivity contribution in [3.63, 3.8) is 0 Å². The van der Waals surface area contributed by atoms with Crippen molar-refractivity contribution >= 4 is 28.2 Å². The fourth-order valence-corrected chi connectivity index (χ4v) is 4.83. The molecule has 2 amide bonds. The van der Waals surface area contributed by atoms with Gasteiger partial charge in [-0.05, 0) is 20.8 Å². The van der Waals surface area contributed by atoms with Gasteiger partial charge in [0.25, 0.3) is 10.2 Å². The highest BCUT2D eigenvalue weighted by atomic mass is 32.2. The van der Waals surface area contributed by atoms with Crippen molar-refractivity contribution in [3.8, 4) is 6.07 Å². The molecule has 1 N–H and O–H groups in total. The van der Waals surface area contributed by atoms with Crippen LogP contribution in [0.1, 0.15) is 20.8 Å². The number of nitrogens with zero attached hydrogens (tertiary/aromatic N) is 5. The molecule has 0 aromatic heterocycles. The minimum atomic E-state index is -3.92. The van der Waals surface area contributed by atoms with Crippen LogP contribution in [0.5, 0.6) is 0 Å². The van der Waals surface area contributed by atoms with Crippen molar-refractivity contribution in [2.75, 3.05) is 46.3 Å². The van der Waals surface area contributed by atoms with E-state index in [0.717, 1.165) is 18.4 Å². The predicted molar refractivity (Wildman–Crippen MR) is 103 cm³/mol. The smallest absolute Gasteiger partial charge is 0.411 e. The molecule has 2 heterocycles. The second-order valence-corrected chi connectivity index (χ2v) is 10.2. The summed E-state index contributed by atoms with van der Waals surface area (Å²) in [5, 5.41) is 17.8. The Kier molecular flexibility index (Phi) is 6.95. The maximum atomic E-state index is 12.9. The lowest BCUT2D eigenvalue weighted by molar-refractivity contribution is -0.146. The monoisotopic (exact) mass is 445 g/mol. The topological polar surface area (TPSA) is 152 Å². The van der Waals surface area contributed by atoms with Crippen LogP contribution in [0, 0.1) is 17.2 Å². The summed E-state index contributed by atoms with van der Waals surface area (Å²) in [4.78, 5) is 38.5. The van der Waals surface area contributed by atoms with E-state index < -0.39 is 46.4 Å². The van der Waals surface area contributed by atoms with Crippen molar-refractivity contribution < 1.29 is 32.6 Å². The highest BCUT2D eigenvalue weighted by Crippen LogP contribution is 2.25. The zero-order valence-electron chi connectivity index (χ0n) is 17.4. The lowest BCUT2D eigenvalue weighted by Gasteiger charge is -2.44. The molecule has 2 aliphatic heterocycles. The van der Waals surface area contributed by atoms with Crippen LogP contribution < -0.4 is 0 Å². The van der Waals surface area contributed by atoms with E-state index in [9.17, 15) is 22.8 Å². The van der Waals surface area contributed by atoms with Gasteiger partial charge in [0.2, 0.25) is 5.91 Å². The third-order valence-electron chi connectivity index (χ3n) is 4.69. The molecule has 2 saturated heterocycles. The number of likely N-dealkylation sites (N-methyl/N-ethyl adjacent to an activating group) is 1. The van der Waals surface area contributed by atoms with Crippen LogP contribution in [0.4, 0.5) is 4.79 Å². The van der Waals surface area contributed by atoms with Gasteiger partial charge in [-0.15, -0.1) is 0 Å². The number of rotatable bonds is 5. The standard InChI is InChI=1S/C17H27N5O7S/c1-17(2,3)29-16(26)22-6-5-20(30(27,28)21-8-12(7-18)9-21)10-13(22)15(25)19(4)11-14(23)24/h12-13H,5-6,8-11H2,1-4H3,(H,23,24)/t13-/m0/s1. The summed E-state index contributed by atoms with van der Waals surface area (Å²) >= 11 is 0. The Morgan fingerprint density at radius 1 is 1.17 bits per heavy atom. The summed E-state index contributed by atoms with van der Waals surface area (Å²) in [6.45, 7) is 4.05. The molecule has 12 nitrogen and oxygen atoms in total. The maximum absolute atomic E-state index is 12.9. The van der Waals surface area contributed by atoms with Gasteiger partial charge in [0.05, 0.1) is 12.0 Å². The Balaban J connectivity index is 2.23. The number of nitriles is 1. The Labute approximate surface area is 175 Å². The lowest BCUT2D eigenvalue weighted by atomic mass is 10.1. The van der Waals surface area contributed by atoms with Crippen LogP contribution in [0.15, 0.2) is 0 Å². The highest BCUT2D eigenvalue weighted by molar-refractivity contribution is 7.86. The highest BCUT2D eigenvalue weighted by Gasteiger charge is 2.46. The molecule has 2 aliphatic rings. The molecule has 0 spiro atoms. The van der Waals surface area contributed by atoms with Crippen molar-refractivity contribution in [2.45, 2.75) is 32.4 Å². The molecule has 30 heavy (non-hydrogen) atoms. The van der Waals surface area contributed by atoms with Gasteiger partial charge in [0, 0.05) is 39.8 Å². The summed E-state index contributed by atoms with van der Waals surface area (Å²) < 4.78 is 33.2. The van der Waals surface area contributed by atoms with E-state index in [1.807, 2.05) is 6.07 Å². The minimum Gasteiger partial charge on any atom is -0.480 e. The van der Waals surface area contributed by atoms with Crippen LogP contribution in [0.25, 0.3) is 0 Å². The van der Waals surface area contributed by atoms with Crippen LogP contribution in [-0.4, -0.2) is 108 Å². The van der Waals surface area contributed by atoms with Crippen LogP contribution >= 0.6 is 0 Å². The SMILES string of the molecule is CN(CC(=O)O)C(=O)[C@@H]1CN(S(=O)(=O)N2CC(C#N)C2)CCN1C(=O)OC(C)(C)C. The molecule has 13 heteroatoms. The summed E-state index contributed by atoms with van der Waals surface area (Å²) in [7, 11) is -2.65. The maximum Gasteiger partial charge on any atom is 0.411 e. The van der Waals surface area contributed by atoms with Gasteiger partial charge in [-0.2, -0.15) is 22.3 Å². The molecule has 2 fully saturated rings. The van der Waals surface area contributed by atoms with Crippen LogP contribution in [0.3, 0.4) is 0 Å². The average molecular weight is 445 g/mol. The number of carbonyl (C=O) groups excluding carboxylic acids is 2. The molecule has 168 valence electrons. The lowest BCUT2D eigenvalue weighted by Crippen LogP contribution is -2.65. The molecular formula is C17H27N5O7S. The van der Waals surface area contributed by atoms with Crippen molar-refractivity contribution in [1.82, 2.24) is 18.4 Å². The zero-order valence-corrected chi connectivity index (χ0v) is 18.3.